The second-order valence-electron chi connectivity index (χ2n) is 6.63. The molecule has 0 radical (unpaired) electrons. The van der Waals surface area contributed by atoms with Crippen molar-refractivity contribution in [2.24, 2.45) is 5.92 Å². The van der Waals surface area contributed by atoms with Crippen LogP contribution in [0.4, 0.5) is 4.39 Å². The van der Waals surface area contributed by atoms with Gasteiger partial charge in [0.05, 0.1) is 6.20 Å². The summed E-state index contributed by atoms with van der Waals surface area (Å²) >= 11 is 0. The number of carbonyl (C=O) groups excluding carboxylic acids is 1. The highest BCUT2D eigenvalue weighted by atomic mass is 19.1. The molecule has 0 spiro atoms. The van der Waals surface area contributed by atoms with Crippen LogP contribution < -0.4 is 0 Å². The van der Waals surface area contributed by atoms with E-state index in [1.54, 1.807) is 24.4 Å². The Morgan fingerprint density at radius 1 is 1.38 bits per heavy atom. The van der Waals surface area contributed by atoms with E-state index in [0.29, 0.717) is 23.6 Å². The molecule has 4 nitrogen and oxygen atoms in total. The summed E-state index contributed by atoms with van der Waals surface area (Å²) in [5.74, 6) is 1.03. The Morgan fingerprint density at radius 3 is 2.92 bits per heavy atom. The van der Waals surface area contributed by atoms with E-state index in [9.17, 15) is 9.18 Å². The summed E-state index contributed by atoms with van der Waals surface area (Å²) in [6, 6.07) is 6.55. The molecular weight excluding hydrogens is 307 g/mol. The number of amides is 1. The van der Waals surface area contributed by atoms with E-state index in [-0.39, 0.29) is 23.7 Å². The summed E-state index contributed by atoms with van der Waals surface area (Å²) in [5, 5.41) is 0. The van der Waals surface area contributed by atoms with Crippen LogP contribution in [0.1, 0.15) is 56.4 Å². The Labute approximate surface area is 141 Å². The number of piperidine rings is 1. The van der Waals surface area contributed by atoms with Crippen LogP contribution in [0.25, 0.3) is 0 Å². The Balaban J connectivity index is 1.78. The van der Waals surface area contributed by atoms with Gasteiger partial charge in [0.2, 0.25) is 11.8 Å². The monoisotopic (exact) mass is 330 g/mol. The molecule has 24 heavy (non-hydrogen) atoms. The second-order valence-corrected chi connectivity index (χ2v) is 6.63. The predicted molar refractivity (Wildman–Crippen MR) is 88.9 cm³/mol. The van der Waals surface area contributed by atoms with Crippen molar-refractivity contribution in [3.05, 3.63) is 53.5 Å². The van der Waals surface area contributed by atoms with Crippen LogP contribution in [0.2, 0.25) is 0 Å². The van der Waals surface area contributed by atoms with E-state index in [0.717, 1.165) is 25.8 Å². The molecule has 2 heterocycles. The van der Waals surface area contributed by atoms with Crippen molar-refractivity contribution in [3.8, 4) is 0 Å². The zero-order valence-corrected chi connectivity index (χ0v) is 14.2. The molecule has 1 amide bonds. The van der Waals surface area contributed by atoms with Gasteiger partial charge in [0.1, 0.15) is 17.6 Å². The fourth-order valence-electron chi connectivity index (χ4n) is 3.17. The first-order chi connectivity index (χ1) is 11.6. The van der Waals surface area contributed by atoms with Gasteiger partial charge in [-0.2, -0.15) is 0 Å². The van der Waals surface area contributed by atoms with Gasteiger partial charge in [-0.15, -0.1) is 0 Å². The van der Waals surface area contributed by atoms with Crippen molar-refractivity contribution in [3.63, 3.8) is 0 Å². The van der Waals surface area contributed by atoms with Gasteiger partial charge in [0, 0.05) is 18.9 Å². The molecule has 0 saturated carbocycles. The third-order valence-electron chi connectivity index (χ3n) is 4.46. The quantitative estimate of drug-likeness (QED) is 0.847. The molecule has 1 aliphatic heterocycles. The van der Waals surface area contributed by atoms with E-state index in [2.05, 4.69) is 4.98 Å². The minimum absolute atomic E-state index is 0.0431. The molecule has 1 aliphatic rings. The number of hydrogen-bond donors (Lipinski definition) is 0. The number of hydrogen-bond acceptors (Lipinski definition) is 3. The van der Waals surface area contributed by atoms with Gasteiger partial charge >= 0.3 is 0 Å². The second kappa shape index (κ2) is 7.16. The average molecular weight is 330 g/mol. The van der Waals surface area contributed by atoms with Crippen LogP contribution in [-0.4, -0.2) is 22.3 Å². The van der Waals surface area contributed by atoms with Crippen molar-refractivity contribution < 1.29 is 13.6 Å². The summed E-state index contributed by atoms with van der Waals surface area (Å²) in [6.45, 7) is 4.56. The summed E-state index contributed by atoms with van der Waals surface area (Å²) < 4.78 is 19.6. The first kappa shape index (κ1) is 16.7. The third-order valence-corrected chi connectivity index (χ3v) is 4.46. The molecule has 0 N–H and O–H groups in total. The molecule has 1 aromatic carbocycles. The van der Waals surface area contributed by atoms with Crippen LogP contribution in [0.3, 0.4) is 0 Å². The first-order valence-corrected chi connectivity index (χ1v) is 8.54. The maximum Gasteiger partial charge on any atom is 0.225 e. The Bertz CT molecular complexity index is 711. The topological polar surface area (TPSA) is 46.3 Å². The largest absolute Gasteiger partial charge is 0.443 e. The van der Waals surface area contributed by atoms with Crippen LogP contribution in [0.5, 0.6) is 0 Å². The Hall–Kier alpha value is -2.17. The molecule has 1 unspecified atom stereocenters. The van der Waals surface area contributed by atoms with Crippen molar-refractivity contribution in [2.75, 3.05) is 6.54 Å². The number of rotatable bonds is 4. The highest BCUT2D eigenvalue weighted by Gasteiger charge is 2.32. The van der Waals surface area contributed by atoms with Crippen LogP contribution in [-0.2, 0) is 11.2 Å². The number of halogens is 1. The predicted octanol–water partition coefficient (Wildman–Crippen LogP) is 4.11. The maximum atomic E-state index is 13.8. The zero-order valence-electron chi connectivity index (χ0n) is 14.2. The Morgan fingerprint density at radius 2 is 2.17 bits per heavy atom. The molecule has 2 aromatic rings. The fourth-order valence-corrected chi connectivity index (χ4v) is 3.17. The van der Waals surface area contributed by atoms with Crippen molar-refractivity contribution in [1.82, 2.24) is 9.88 Å². The lowest BCUT2D eigenvalue weighted by Crippen LogP contribution is -2.40. The number of benzene rings is 1. The van der Waals surface area contributed by atoms with E-state index in [1.165, 1.54) is 6.07 Å². The average Bonchev–Trinajstić information content (AvgIpc) is 3.04. The van der Waals surface area contributed by atoms with Gasteiger partial charge in [0.25, 0.3) is 0 Å². The highest BCUT2D eigenvalue weighted by Crippen LogP contribution is 2.32. The standard InChI is InChI=1S/C19H23FN2O2/c1-13(2)19(23)22-10-6-5-9-17(22)18-21-12-15(24-18)11-14-7-3-4-8-16(14)20/h3-4,7-8,12-13,17H,5-6,9-11H2,1-2H3. The Kier molecular flexibility index (Phi) is 4.97. The molecule has 0 bridgehead atoms. The van der Waals surface area contributed by atoms with E-state index in [1.807, 2.05) is 18.7 Å². The molecule has 1 aromatic heterocycles. The van der Waals surface area contributed by atoms with Gasteiger partial charge in [-0.05, 0) is 30.9 Å². The third kappa shape index (κ3) is 3.50. The van der Waals surface area contributed by atoms with Gasteiger partial charge in [-0.25, -0.2) is 9.37 Å². The number of carbonyl (C=O) groups is 1. The highest BCUT2D eigenvalue weighted by molar-refractivity contribution is 5.78. The minimum atomic E-state index is -0.246. The lowest BCUT2D eigenvalue weighted by atomic mass is 10.00. The van der Waals surface area contributed by atoms with Crippen molar-refractivity contribution in [2.45, 2.75) is 45.6 Å². The number of likely N-dealkylation sites (tertiary alicyclic amines) is 1. The van der Waals surface area contributed by atoms with Crippen LogP contribution in [0, 0.1) is 11.7 Å². The molecule has 5 heteroatoms. The molecule has 1 saturated heterocycles. The van der Waals surface area contributed by atoms with Gasteiger partial charge in [-0.1, -0.05) is 32.0 Å². The molecule has 1 fully saturated rings. The molecule has 1 atom stereocenters. The van der Waals surface area contributed by atoms with Gasteiger partial charge < -0.3 is 9.32 Å². The first-order valence-electron chi connectivity index (χ1n) is 8.54. The number of nitrogens with zero attached hydrogens (tertiary/aromatic N) is 2. The maximum absolute atomic E-state index is 13.8. The molecular formula is C19H23FN2O2. The molecule has 0 aliphatic carbocycles. The number of oxazole rings is 1. The van der Waals surface area contributed by atoms with Crippen LogP contribution >= 0.6 is 0 Å². The van der Waals surface area contributed by atoms with E-state index >= 15 is 0 Å². The van der Waals surface area contributed by atoms with E-state index < -0.39 is 0 Å². The zero-order chi connectivity index (χ0) is 17.1. The summed E-state index contributed by atoms with van der Waals surface area (Å²) in [5.41, 5.74) is 0.582. The normalized spacial score (nSPS) is 18.2. The lowest BCUT2D eigenvalue weighted by molar-refractivity contribution is -0.139. The minimum Gasteiger partial charge on any atom is -0.443 e. The molecule has 3 rings (SSSR count). The smallest absolute Gasteiger partial charge is 0.225 e. The summed E-state index contributed by atoms with van der Waals surface area (Å²) in [7, 11) is 0. The number of aromatic nitrogens is 1. The van der Waals surface area contributed by atoms with Gasteiger partial charge in [0.15, 0.2) is 0 Å². The summed E-state index contributed by atoms with van der Waals surface area (Å²) in [4.78, 5) is 18.7. The lowest BCUT2D eigenvalue weighted by Gasteiger charge is -2.35. The van der Waals surface area contributed by atoms with Crippen molar-refractivity contribution in [1.29, 1.82) is 0 Å². The molecule has 128 valence electrons. The van der Waals surface area contributed by atoms with Gasteiger partial charge in [-0.3, -0.25) is 4.79 Å². The summed E-state index contributed by atoms with van der Waals surface area (Å²) in [6.07, 6.45) is 4.94. The van der Waals surface area contributed by atoms with Crippen molar-refractivity contribution >= 4 is 5.91 Å². The van der Waals surface area contributed by atoms with E-state index in [4.69, 9.17) is 4.42 Å². The fraction of sp³-hybridized carbons (Fsp3) is 0.474. The van der Waals surface area contributed by atoms with Crippen LogP contribution in [0.15, 0.2) is 34.9 Å². The SMILES string of the molecule is CC(C)C(=O)N1CCCCC1c1ncc(Cc2ccccc2F)o1.